The highest BCUT2D eigenvalue weighted by atomic mass is 19.4. The zero-order chi connectivity index (χ0) is 21.7. The quantitative estimate of drug-likeness (QED) is 0.490. The van der Waals surface area contributed by atoms with Gasteiger partial charge >= 0.3 is 12.4 Å². The molecule has 154 valence electrons. The summed E-state index contributed by atoms with van der Waals surface area (Å²) in [5, 5.41) is 6.47. The minimum atomic E-state index is -4.99. The van der Waals surface area contributed by atoms with Crippen molar-refractivity contribution in [3.05, 3.63) is 59.7 Å². The molecular formula is C18H9F6N5O. The number of hydrogen-bond donors (Lipinski definition) is 1. The number of aromatic nitrogens is 4. The predicted molar refractivity (Wildman–Crippen MR) is 92.5 cm³/mol. The van der Waals surface area contributed by atoms with Crippen LogP contribution in [0.1, 0.15) is 16.7 Å². The van der Waals surface area contributed by atoms with E-state index >= 15 is 0 Å². The summed E-state index contributed by atoms with van der Waals surface area (Å²) in [6, 6.07) is 2.66. The number of carbonyl (C=O) groups excluding carboxylic acids is 1. The molecule has 1 aliphatic rings. The Morgan fingerprint density at radius 1 is 1.00 bits per heavy atom. The smallest absolute Gasteiger partial charge is 0.320 e. The molecule has 3 heterocycles. The van der Waals surface area contributed by atoms with Gasteiger partial charge in [0, 0.05) is 23.5 Å². The third-order valence-corrected chi connectivity index (χ3v) is 4.22. The second-order valence-corrected chi connectivity index (χ2v) is 6.26. The van der Waals surface area contributed by atoms with Crippen LogP contribution in [0.4, 0.5) is 32.0 Å². The first-order chi connectivity index (χ1) is 14.0. The fourth-order valence-electron chi connectivity index (χ4n) is 2.85. The van der Waals surface area contributed by atoms with Crippen molar-refractivity contribution in [2.24, 2.45) is 0 Å². The number of amides is 1. The number of carbonyl (C=O) groups is 1. The molecule has 0 radical (unpaired) electrons. The molecule has 1 aliphatic heterocycles. The van der Waals surface area contributed by atoms with Gasteiger partial charge in [0.1, 0.15) is 6.33 Å². The van der Waals surface area contributed by atoms with Crippen LogP contribution in [-0.4, -0.2) is 25.7 Å². The number of benzene rings is 1. The van der Waals surface area contributed by atoms with Crippen molar-refractivity contribution in [1.29, 1.82) is 0 Å². The van der Waals surface area contributed by atoms with Crippen LogP contribution in [0, 0.1) is 0 Å². The number of alkyl halides is 6. The minimum absolute atomic E-state index is 0.0241. The van der Waals surface area contributed by atoms with Crippen LogP contribution in [0.2, 0.25) is 0 Å². The molecule has 0 saturated heterocycles. The Labute approximate surface area is 163 Å². The van der Waals surface area contributed by atoms with E-state index in [4.69, 9.17) is 0 Å². The molecule has 0 fully saturated rings. The van der Waals surface area contributed by atoms with Gasteiger partial charge in [-0.2, -0.15) is 26.3 Å². The van der Waals surface area contributed by atoms with Gasteiger partial charge in [0.2, 0.25) is 0 Å². The molecule has 0 bridgehead atoms. The fourth-order valence-corrected chi connectivity index (χ4v) is 2.85. The lowest BCUT2D eigenvalue weighted by Gasteiger charge is -2.13. The molecular weight excluding hydrogens is 416 g/mol. The maximum absolute atomic E-state index is 13.0. The topological polar surface area (TPSA) is 72.7 Å². The summed E-state index contributed by atoms with van der Waals surface area (Å²) in [5.41, 5.74) is -2.25. The Morgan fingerprint density at radius 2 is 1.67 bits per heavy atom. The second kappa shape index (κ2) is 6.68. The molecule has 1 amide bonds. The van der Waals surface area contributed by atoms with Crippen molar-refractivity contribution >= 4 is 23.4 Å². The zero-order valence-corrected chi connectivity index (χ0v) is 14.6. The molecule has 0 spiro atoms. The Morgan fingerprint density at radius 3 is 2.30 bits per heavy atom. The van der Waals surface area contributed by atoms with E-state index in [0.29, 0.717) is 23.4 Å². The van der Waals surface area contributed by atoms with Crippen molar-refractivity contribution in [2.45, 2.75) is 12.4 Å². The molecule has 1 N–H and O–H groups in total. The van der Waals surface area contributed by atoms with Crippen LogP contribution in [0.15, 0.2) is 43.0 Å². The van der Waals surface area contributed by atoms with E-state index in [-0.39, 0.29) is 17.5 Å². The van der Waals surface area contributed by atoms with Crippen LogP contribution in [0.3, 0.4) is 0 Å². The van der Waals surface area contributed by atoms with Crippen LogP contribution in [0.5, 0.6) is 0 Å². The SMILES string of the molecule is O=C1Nc2cnccc2/C1=C\n1cnc(-c2cc(C(F)(F)F)cc(C(F)(F)F)c2)n1. The highest BCUT2D eigenvalue weighted by Gasteiger charge is 2.37. The van der Waals surface area contributed by atoms with Gasteiger partial charge in [-0.15, -0.1) is 5.10 Å². The maximum atomic E-state index is 13.0. The van der Waals surface area contributed by atoms with Crippen LogP contribution >= 0.6 is 0 Å². The summed E-state index contributed by atoms with van der Waals surface area (Å²) in [4.78, 5) is 19.8. The standard InChI is InChI=1S/C18H9F6N5O/c19-17(20,21)10-3-9(4-11(5-10)18(22,23)24)15-26-8-29(28-15)7-13-12-1-2-25-6-14(12)27-16(13)30/h1-8H,(H,27,30)/b13-7+. The molecule has 30 heavy (non-hydrogen) atoms. The Bertz CT molecular complexity index is 1150. The van der Waals surface area contributed by atoms with E-state index in [1.165, 1.54) is 18.6 Å². The average Bonchev–Trinajstić information content (AvgIpc) is 3.25. The van der Waals surface area contributed by atoms with Gasteiger partial charge in [-0.1, -0.05) is 0 Å². The predicted octanol–water partition coefficient (Wildman–Crippen LogP) is 4.33. The normalized spacial score (nSPS) is 15.4. The number of nitrogens with one attached hydrogen (secondary N) is 1. The molecule has 0 atom stereocenters. The van der Waals surface area contributed by atoms with Crippen LogP contribution in [0.25, 0.3) is 23.2 Å². The Kier molecular flexibility index (Phi) is 4.36. The third-order valence-electron chi connectivity index (χ3n) is 4.22. The van der Waals surface area contributed by atoms with Crippen molar-refractivity contribution < 1.29 is 31.1 Å². The Balaban J connectivity index is 1.76. The molecule has 3 aromatic rings. The third kappa shape index (κ3) is 3.63. The lowest BCUT2D eigenvalue weighted by molar-refractivity contribution is -0.143. The highest BCUT2D eigenvalue weighted by molar-refractivity contribution is 6.33. The summed E-state index contributed by atoms with van der Waals surface area (Å²) >= 11 is 0. The van der Waals surface area contributed by atoms with E-state index in [2.05, 4.69) is 20.4 Å². The first-order valence-electron chi connectivity index (χ1n) is 8.21. The van der Waals surface area contributed by atoms with Gasteiger partial charge in [-0.05, 0) is 24.3 Å². The molecule has 4 rings (SSSR count). The number of halogens is 6. The van der Waals surface area contributed by atoms with E-state index in [0.717, 1.165) is 11.0 Å². The number of nitrogens with zero attached hydrogens (tertiary/aromatic N) is 4. The summed E-state index contributed by atoms with van der Waals surface area (Å²) in [5.74, 6) is -0.828. The maximum Gasteiger partial charge on any atom is 0.416 e. The molecule has 2 aromatic heterocycles. The van der Waals surface area contributed by atoms with Crippen molar-refractivity contribution in [2.75, 3.05) is 5.32 Å². The van der Waals surface area contributed by atoms with Gasteiger partial charge in [0.25, 0.3) is 5.91 Å². The molecule has 1 aromatic carbocycles. The first-order valence-corrected chi connectivity index (χ1v) is 8.21. The van der Waals surface area contributed by atoms with Crippen molar-refractivity contribution in [3.8, 4) is 11.4 Å². The molecule has 6 nitrogen and oxygen atoms in total. The van der Waals surface area contributed by atoms with Crippen molar-refractivity contribution in [1.82, 2.24) is 19.7 Å². The summed E-state index contributed by atoms with van der Waals surface area (Å²) < 4.78 is 79.3. The number of hydrogen-bond acceptors (Lipinski definition) is 4. The van der Waals surface area contributed by atoms with E-state index < -0.39 is 35.0 Å². The zero-order valence-electron chi connectivity index (χ0n) is 14.6. The largest absolute Gasteiger partial charge is 0.416 e. The molecule has 0 saturated carbocycles. The Hall–Kier alpha value is -3.70. The second-order valence-electron chi connectivity index (χ2n) is 6.26. The van der Waals surface area contributed by atoms with Gasteiger partial charge in [-0.25, -0.2) is 9.67 Å². The lowest BCUT2D eigenvalue weighted by atomic mass is 10.0. The number of rotatable bonds is 2. The average molecular weight is 425 g/mol. The first kappa shape index (κ1) is 19.6. The number of pyridine rings is 1. The minimum Gasteiger partial charge on any atom is -0.320 e. The van der Waals surface area contributed by atoms with Crippen LogP contribution in [-0.2, 0) is 17.1 Å². The summed E-state index contributed by atoms with van der Waals surface area (Å²) in [6.07, 6.45) is -4.75. The van der Waals surface area contributed by atoms with E-state index in [1.807, 2.05) is 0 Å². The summed E-state index contributed by atoms with van der Waals surface area (Å²) in [6.45, 7) is 0. The molecule has 0 unspecified atom stereocenters. The monoisotopic (exact) mass is 425 g/mol. The number of fused-ring (bicyclic) bond motifs is 1. The highest BCUT2D eigenvalue weighted by Crippen LogP contribution is 2.38. The molecule has 12 heteroatoms. The van der Waals surface area contributed by atoms with Crippen LogP contribution < -0.4 is 5.32 Å². The van der Waals surface area contributed by atoms with Gasteiger partial charge < -0.3 is 5.32 Å². The summed E-state index contributed by atoms with van der Waals surface area (Å²) in [7, 11) is 0. The lowest BCUT2D eigenvalue weighted by Crippen LogP contribution is -2.11. The van der Waals surface area contributed by atoms with Crippen molar-refractivity contribution in [3.63, 3.8) is 0 Å². The van der Waals surface area contributed by atoms with E-state index in [1.54, 1.807) is 6.07 Å². The van der Waals surface area contributed by atoms with E-state index in [9.17, 15) is 31.1 Å². The van der Waals surface area contributed by atoms with Gasteiger partial charge in [0.05, 0.1) is 28.6 Å². The van der Waals surface area contributed by atoms with Gasteiger partial charge in [0.15, 0.2) is 5.82 Å². The number of anilines is 1. The fraction of sp³-hybridized carbons (Fsp3) is 0.111. The van der Waals surface area contributed by atoms with Gasteiger partial charge in [-0.3, -0.25) is 9.78 Å². The molecule has 0 aliphatic carbocycles.